The highest BCUT2D eigenvalue weighted by molar-refractivity contribution is 5.25. The van der Waals surface area contributed by atoms with Crippen LogP contribution in [0.25, 0.3) is 0 Å². The zero-order valence-electron chi connectivity index (χ0n) is 7.24. The Morgan fingerprint density at radius 2 is 2.08 bits per heavy atom. The first-order valence-electron chi connectivity index (χ1n) is 4.57. The fraction of sp³-hybridized carbons (Fsp3) is 0.333. The van der Waals surface area contributed by atoms with Crippen LogP contribution < -0.4 is 0 Å². The zero-order valence-corrected chi connectivity index (χ0v) is 7.24. The molecule has 0 saturated heterocycles. The predicted octanol–water partition coefficient (Wildman–Crippen LogP) is 3.37. The van der Waals surface area contributed by atoms with Crippen LogP contribution in [0.2, 0.25) is 0 Å². The van der Waals surface area contributed by atoms with Crippen molar-refractivity contribution in [2.75, 3.05) is 0 Å². The second-order valence-electron chi connectivity index (χ2n) is 3.54. The van der Waals surface area contributed by atoms with Crippen molar-refractivity contribution in [1.82, 2.24) is 0 Å². The highest BCUT2D eigenvalue weighted by atomic mass is 14.4. The Bertz CT molecular complexity index is 261. The molecule has 1 aliphatic rings. The van der Waals surface area contributed by atoms with Crippen molar-refractivity contribution in [2.24, 2.45) is 5.92 Å². The second kappa shape index (κ2) is 3.14. The summed E-state index contributed by atoms with van der Waals surface area (Å²) in [4.78, 5) is 0. The van der Waals surface area contributed by atoms with Crippen LogP contribution in [0.3, 0.4) is 0 Å². The molecule has 0 aromatic heterocycles. The number of rotatable bonds is 3. The molecule has 0 amide bonds. The fourth-order valence-corrected chi connectivity index (χ4v) is 1.83. The molecule has 2 rings (SSSR count). The van der Waals surface area contributed by atoms with E-state index in [1.807, 2.05) is 6.08 Å². The van der Waals surface area contributed by atoms with Crippen molar-refractivity contribution < 1.29 is 0 Å². The molecule has 62 valence electrons. The largest absolute Gasteiger partial charge is 0.103 e. The van der Waals surface area contributed by atoms with E-state index in [-0.39, 0.29) is 0 Å². The van der Waals surface area contributed by atoms with Crippen LogP contribution in [-0.4, -0.2) is 0 Å². The minimum Gasteiger partial charge on any atom is -0.103 e. The van der Waals surface area contributed by atoms with Crippen LogP contribution >= 0.6 is 0 Å². The summed E-state index contributed by atoms with van der Waals surface area (Å²) in [5.41, 5.74) is 1.50. The van der Waals surface area contributed by atoms with E-state index in [1.54, 1.807) is 0 Å². The molecule has 0 aliphatic heterocycles. The van der Waals surface area contributed by atoms with Crippen LogP contribution in [-0.2, 0) is 0 Å². The van der Waals surface area contributed by atoms with Gasteiger partial charge >= 0.3 is 0 Å². The number of hydrogen-bond acceptors (Lipinski definition) is 0. The molecular weight excluding hydrogens is 144 g/mol. The molecule has 1 aliphatic carbocycles. The van der Waals surface area contributed by atoms with Gasteiger partial charge in [-0.15, -0.1) is 6.58 Å². The zero-order chi connectivity index (χ0) is 8.39. The smallest absolute Gasteiger partial charge is 0.0127 e. The molecule has 0 radical (unpaired) electrons. The molecule has 1 aromatic rings. The SMILES string of the molecule is C=CC[C@H]1C[C@@H]1c1ccccc1. The third-order valence-corrected chi connectivity index (χ3v) is 2.62. The van der Waals surface area contributed by atoms with Gasteiger partial charge in [0, 0.05) is 0 Å². The third-order valence-electron chi connectivity index (χ3n) is 2.62. The molecule has 0 N–H and O–H groups in total. The molecule has 12 heavy (non-hydrogen) atoms. The van der Waals surface area contributed by atoms with E-state index in [1.165, 1.54) is 18.4 Å². The minimum atomic E-state index is 0.823. The summed E-state index contributed by atoms with van der Waals surface area (Å²) in [5.74, 6) is 1.70. The Hall–Kier alpha value is -1.04. The lowest BCUT2D eigenvalue weighted by atomic mass is 10.1. The van der Waals surface area contributed by atoms with E-state index in [2.05, 4.69) is 36.9 Å². The summed E-state index contributed by atoms with van der Waals surface area (Å²) in [6.45, 7) is 3.77. The van der Waals surface area contributed by atoms with Gasteiger partial charge in [0.05, 0.1) is 0 Å². The summed E-state index contributed by atoms with van der Waals surface area (Å²) < 4.78 is 0. The average molecular weight is 158 g/mol. The van der Waals surface area contributed by atoms with Crippen molar-refractivity contribution in [3.8, 4) is 0 Å². The molecule has 1 saturated carbocycles. The van der Waals surface area contributed by atoms with E-state index < -0.39 is 0 Å². The first kappa shape index (κ1) is 7.60. The summed E-state index contributed by atoms with van der Waals surface area (Å²) in [6.07, 6.45) is 4.57. The Balaban J connectivity index is 2.01. The molecule has 0 spiro atoms. The summed E-state index contributed by atoms with van der Waals surface area (Å²) in [7, 11) is 0. The Labute approximate surface area is 73.9 Å². The van der Waals surface area contributed by atoms with Gasteiger partial charge < -0.3 is 0 Å². The molecule has 2 atom stereocenters. The summed E-state index contributed by atoms with van der Waals surface area (Å²) in [5, 5.41) is 0. The number of allylic oxidation sites excluding steroid dienone is 1. The molecule has 1 aromatic carbocycles. The van der Waals surface area contributed by atoms with E-state index in [4.69, 9.17) is 0 Å². The lowest BCUT2D eigenvalue weighted by molar-refractivity contribution is 0.821. The average Bonchev–Trinajstić information content (AvgIpc) is 2.87. The lowest BCUT2D eigenvalue weighted by Gasteiger charge is -1.96. The first-order chi connectivity index (χ1) is 5.92. The lowest BCUT2D eigenvalue weighted by Crippen LogP contribution is -1.80. The van der Waals surface area contributed by atoms with E-state index in [9.17, 15) is 0 Å². The van der Waals surface area contributed by atoms with Crippen LogP contribution in [0.4, 0.5) is 0 Å². The van der Waals surface area contributed by atoms with Gasteiger partial charge in [0.1, 0.15) is 0 Å². The standard InChI is InChI=1S/C12H14/c1-2-6-11-9-12(11)10-7-4-3-5-8-10/h2-5,7-8,11-12H,1,6,9H2/t11-,12+/m0/s1. The fourth-order valence-electron chi connectivity index (χ4n) is 1.83. The van der Waals surface area contributed by atoms with Gasteiger partial charge in [-0.1, -0.05) is 36.4 Å². The summed E-state index contributed by atoms with van der Waals surface area (Å²) in [6, 6.07) is 10.8. The normalized spacial score (nSPS) is 26.7. The monoisotopic (exact) mass is 158 g/mol. The van der Waals surface area contributed by atoms with Crippen molar-refractivity contribution >= 4 is 0 Å². The highest BCUT2D eigenvalue weighted by Crippen LogP contribution is 2.49. The molecular formula is C12H14. The van der Waals surface area contributed by atoms with Crippen molar-refractivity contribution in [3.05, 3.63) is 48.6 Å². The third kappa shape index (κ3) is 1.42. The molecule has 0 nitrogen and oxygen atoms in total. The Morgan fingerprint density at radius 1 is 1.33 bits per heavy atom. The van der Waals surface area contributed by atoms with Crippen molar-refractivity contribution in [2.45, 2.75) is 18.8 Å². The maximum Gasteiger partial charge on any atom is -0.0127 e. The van der Waals surface area contributed by atoms with Gasteiger partial charge in [-0.2, -0.15) is 0 Å². The molecule has 0 bridgehead atoms. The van der Waals surface area contributed by atoms with Gasteiger partial charge in [-0.05, 0) is 30.2 Å². The molecule has 0 heteroatoms. The minimum absolute atomic E-state index is 0.823. The predicted molar refractivity (Wildman–Crippen MR) is 52.1 cm³/mol. The van der Waals surface area contributed by atoms with Crippen LogP contribution in [0.5, 0.6) is 0 Å². The van der Waals surface area contributed by atoms with Gasteiger partial charge in [0.2, 0.25) is 0 Å². The van der Waals surface area contributed by atoms with E-state index >= 15 is 0 Å². The van der Waals surface area contributed by atoms with Crippen LogP contribution in [0, 0.1) is 5.92 Å². The van der Waals surface area contributed by atoms with Crippen LogP contribution in [0.15, 0.2) is 43.0 Å². The maximum atomic E-state index is 3.77. The summed E-state index contributed by atoms with van der Waals surface area (Å²) >= 11 is 0. The number of hydrogen-bond donors (Lipinski definition) is 0. The molecule has 1 fully saturated rings. The van der Waals surface area contributed by atoms with Crippen molar-refractivity contribution in [3.63, 3.8) is 0 Å². The topological polar surface area (TPSA) is 0 Å². The van der Waals surface area contributed by atoms with E-state index in [0.717, 1.165) is 11.8 Å². The second-order valence-corrected chi connectivity index (χ2v) is 3.54. The molecule has 0 heterocycles. The van der Waals surface area contributed by atoms with Gasteiger partial charge in [-0.25, -0.2) is 0 Å². The quantitative estimate of drug-likeness (QED) is 0.592. The molecule has 0 unspecified atom stereocenters. The highest BCUT2D eigenvalue weighted by Gasteiger charge is 2.36. The Kier molecular flexibility index (Phi) is 1.99. The number of benzene rings is 1. The van der Waals surface area contributed by atoms with Crippen LogP contribution in [0.1, 0.15) is 24.3 Å². The van der Waals surface area contributed by atoms with Gasteiger partial charge in [-0.3, -0.25) is 0 Å². The maximum absolute atomic E-state index is 3.77. The Morgan fingerprint density at radius 3 is 2.75 bits per heavy atom. The van der Waals surface area contributed by atoms with E-state index in [0.29, 0.717) is 0 Å². The first-order valence-corrected chi connectivity index (χ1v) is 4.57. The van der Waals surface area contributed by atoms with Gasteiger partial charge in [0.25, 0.3) is 0 Å². The van der Waals surface area contributed by atoms with Gasteiger partial charge in [0.15, 0.2) is 0 Å². The van der Waals surface area contributed by atoms with Crippen molar-refractivity contribution in [1.29, 1.82) is 0 Å².